The summed E-state index contributed by atoms with van der Waals surface area (Å²) in [6.45, 7) is 7.48. The third-order valence-electron chi connectivity index (χ3n) is 7.90. The number of amidine groups is 1. The van der Waals surface area contributed by atoms with Crippen LogP contribution in [0.25, 0.3) is 11.0 Å². The third-order valence-corrected chi connectivity index (χ3v) is 7.90. The Balaban J connectivity index is 1.37. The minimum atomic E-state index is -1.18. The number of benzene rings is 2. The zero-order chi connectivity index (χ0) is 38.3. The number of carbonyl (C=O) groups is 4. The number of rotatable bonds is 17. The van der Waals surface area contributed by atoms with Gasteiger partial charge in [-0.05, 0) is 74.9 Å². The van der Waals surface area contributed by atoms with Crippen molar-refractivity contribution in [2.24, 2.45) is 7.05 Å². The maximum atomic E-state index is 13.8. The van der Waals surface area contributed by atoms with Crippen molar-refractivity contribution in [2.45, 2.75) is 78.7 Å². The fourth-order valence-electron chi connectivity index (χ4n) is 5.20. The summed E-state index contributed by atoms with van der Waals surface area (Å²) in [5, 5.41) is 14.0. The van der Waals surface area contributed by atoms with E-state index >= 15 is 0 Å². The molecular weight excluding hydrogens is 682 g/mol. The molecule has 53 heavy (non-hydrogen) atoms. The summed E-state index contributed by atoms with van der Waals surface area (Å²) in [6.07, 6.45) is 2.16. The van der Waals surface area contributed by atoms with Crippen molar-refractivity contribution in [1.29, 1.82) is 5.41 Å². The lowest BCUT2D eigenvalue weighted by Gasteiger charge is -2.22. The van der Waals surface area contributed by atoms with Gasteiger partial charge in [0, 0.05) is 43.5 Å². The number of carbonyl (C=O) groups excluding carboxylic acids is 4. The first-order valence-corrected chi connectivity index (χ1v) is 17.6. The number of aromatic nitrogens is 3. The zero-order valence-corrected chi connectivity index (χ0v) is 30.7. The van der Waals surface area contributed by atoms with E-state index in [1.165, 1.54) is 11.8 Å². The van der Waals surface area contributed by atoms with Crippen LogP contribution in [-0.2, 0) is 37.3 Å². The Labute approximate surface area is 308 Å². The number of hydrogen-bond acceptors (Lipinski definition) is 12. The number of aryl methyl sites for hydroxylation is 1. The number of hydrogen-bond donors (Lipinski definition) is 3. The first kappa shape index (κ1) is 39.8. The fourth-order valence-corrected chi connectivity index (χ4v) is 5.20. The average Bonchev–Trinajstić information content (AvgIpc) is 3.44. The van der Waals surface area contributed by atoms with E-state index in [9.17, 15) is 19.2 Å². The second-order valence-electron chi connectivity index (χ2n) is 12.4. The van der Waals surface area contributed by atoms with Crippen LogP contribution >= 0.6 is 0 Å². The standard InChI is InChI=1S/C38H47N7O8/c1-6-7-8-11-22-50-37(48)43-35(39)27-13-16-29(17-14-27)41-24-33-42-30-23-28(15-18-31(30)44(33)5)36(47)45(32-12-9-10-20-40-32)21-19-34(46)52-26(4)53-38(49)51-25(2)3/h9-10,12-18,20,23,25-26,41H,6-8,11,19,21-22,24H2,1-5H3,(H2,39,43,48). The molecule has 0 saturated heterocycles. The molecule has 2 amide bonds. The van der Waals surface area contributed by atoms with Crippen molar-refractivity contribution in [3.05, 3.63) is 83.8 Å². The van der Waals surface area contributed by atoms with Crippen molar-refractivity contribution < 1.29 is 38.1 Å². The number of imidazole rings is 1. The maximum Gasteiger partial charge on any atom is 0.511 e. The van der Waals surface area contributed by atoms with Crippen LogP contribution in [-0.4, -0.2) is 70.0 Å². The SMILES string of the molecule is CCCCCCOC(=O)NC(=N)c1ccc(NCc2nc3cc(C(=O)N(CCC(=O)OC(C)OC(=O)OC(C)C)c4ccccn4)ccc3n2C)cc1. The summed E-state index contributed by atoms with van der Waals surface area (Å²) in [6, 6.07) is 17.4. The molecule has 2 heterocycles. The monoisotopic (exact) mass is 729 g/mol. The van der Waals surface area contributed by atoms with Gasteiger partial charge < -0.3 is 28.8 Å². The Kier molecular flexibility index (Phi) is 14.7. The molecule has 2 aromatic heterocycles. The van der Waals surface area contributed by atoms with Crippen LogP contribution in [0, 0.1) is 5.41 Å². The lowest BCUT2D eigenvalue weighted by Crippen LogP contribution is -2.34. The molecule has 4 aromatic rings. The molecule has 1 atom stereocenters. The summed E-state index contributed by atoms with van der Waals surface area (Å²) >= 11 is 0. The van der Waals surface area contributed by atoms with E-state index in [4.69, 9.17) is 29.3 Å². The van der Waals surface area contributed by atoms with Gasteiger partial charge in [0.25, 0.3) is 5.91 Å². The van der Waals surface area contributed by atoms with E-state index in [2.05, 4.69) is 22.5 Å². The van der Waals surface area contributed by atoms with E-state index < -0.39 is 36.5 Å². The Hall–Kier alpha value is -5.99. The highest BCUT2D eigenvalue weighted by atomic mass is 16.8. The molecule has 15 nitrogen and oxygen atoms in total. The third kappa shape index (κ3) is 12.0. The lowest BCUT2D eigenvalue weighted by molar-refractivity contribution is -0.168. The van der Waals surface area contributed by atoms with Gasteiger partial charge in [0.1, 0.15) is 17.5 Å². The number of nitrogens with zero attached hydrogens (tertiary/aromatic N) is 4. The summed E-state index contributed by atoms with van der Waals surface area (Å²) in [4.78, 5) is 60.7. The molecule has 0 aliphatic heterocycles. The Bertz CT molecular complexity index is 1860. The highest BCUT2D eigenvalue weighted by Gasteiger charge is 2.23. The lowest BCUT2D eigenvalue weighted by atomic mass is 10.1. The fraction of sp³-hybridized carbons (Fsp3) is 0.395. The predicted octanol–water partition coefficient (Wildman–Crippen LogP) is 6.70. The summed E-state index contributed by atoms with van der Waals surface area (Å²) in [5.41, 5.74) is 3.06. The largest absolute Gasteiger partial charge is 0.511 e. The first-order valence-electron chi connectivity index (χ1n) is 17.6. The molecule has 0 radical (unpaired) electrons. The number of nitrogens with one attached hydrogen (secondary N) is 3. The number of anilines is 2. The molecule has 0 aliphatic rings. The zero-order valence-electron chi connectivity index (χ0n) is 30.7. The first-order chi connectivity index (χ1) is 25.4. The molecule has 282 valence electrons. The van der Waals surface area contributed by atoms with E-state index in [0.717, 1.165) is 36.9 Å². The van der Waals surface area contributed by atoms with E-state index in [1.54, 1.807) is 74.6 Å². The predicted molar refractivity (Wildman–Crippen MR) is 199 cm³/mol. The molecule has 0 spiro atoms. The van der Waals surface area contributed by atoms with Crippen molar-refractivity contribution in [3.63, 3.8) is 0 Å². The van der Waals surface area contributed by atoms with Crippen molar-refractivity contribution in [2.75, 3.05) is 23.4 Å². The number of esters is 1. The van der Waals surface area contributed by atoms with Crippen LogP contribution in [0.5, 0.6) is 0 Å². The van der Waals surface area contributed by atoms with Crippen LogP contribution in [0.15, 0.2) is 66.9 Å². The van der Waals surface area contributed by atoms with E-state index in [1.807, 2.05) is 17.7 Å². The molecule has 0 aliphatic carbocycles. The topological polar surface area (TPSA) is 187 Å². The molecule has 3 N–H and O–H groups in total. The normalized spacial score (nSPS) is 11.4. The number of fused-ring (bicyclic) bond motifs is 1. The van der Waals surface area contributed by atoms with Gasteiger partial charge in [-0.1, -0.05) is 32.3 Å². The molecule has 0 bridgehead atoms. The van der Waals surface area contributed by atoms with Crippen LogP contribution in [0.1, 0.15) is 81.5 Å². The van der Waals surface area contributed by atoms with Crippen molar-refractivity contribution >= 4 is 52.5 Å². The Morgan fingerprint density at radius 2 is 1.68 bits per heavy atom. The summed E-state index contributed by atoms with van der Waals surface area (Å²) in [5.74, 6) is -0.0756. The average molecular weight is 730 g/mol. The minimum absolute atomic E-state index is 0.0508. The number of alkyl carbamates (subject to hydrolysis) is 1. The Morgan fingerprint density at radius 3 is 2.38 bits per heavy atom. The van der Waals surface area contributed by atoms with Gasteiger partial charge in [-0.25, -0.2) is 19.6 Å². The maximum absolute atomic E-state index is 13.8. The van der Waals surface area contributed by atoms with Gasteiger partial charge in [0.05, 0.1) is 36.7 Å². The summed E-state index contributed by atoms with van der Waals surface area (Å²) < 4.78 is 22.1. The molecule has 15 heteroatoms. The van der Waals surface area contributed by atoms with Crippen LogP contribution in [0.4, 0.5) is 21.1 Å². The van der Waals surface area contributed by atoms with Gasteiger partial charge in [0.2, 0.25) is 6.29 Å². The van der Waals surface area contributed by atoms with Crippen molar-refractivity contribution in [3.8, 4) is 0 Å². The van der Waals surface area contributed by atoms with E-state index in [-0.39, 0.29) is 18.8 Å². The smallest absolute Gasteiger partial charge is 0.449 e. The quantitative estimate of drug-likeness (QED) is 0.0262. The van der Waals surface area contributed by atoms with Gasteiger partial charge in [-0.3, -0.25) is 25.2 Å². The van der Waals surface area contributed by atoms with Gasteiger partial charge in [-0.15, -0.1) is 0 Å². The van der Waals surface area contributed by atoms with Gasteiger partial charge in [-0.2, -0.15) is 0 Å². The van der Waals surface area contributed by atoms with Crippen LogP contribution < -0.4 is 15.5 Å². The minimum Gasteiger partial charge on any atom is -0.449 e. The second kappa shape index (κ2) is 19.6. The number of pyridine rings is 1. The van der Waals surface area contributed by atoms with E-state index in [0.29, 0.717) is 41.4 Å². The second-order valence-corrected chi connectivity index (χ2v) is 12.4. The molecule has 0 fully saturated rings. The number of unbranched alkanes of at least 4 members (excludes halogenated alkanes) is 3. The van der Waals surface area contributed by atoms with Gasteiger partial charge >= 0.3 is 18.2 Å². The highest BCUT2D eigenvalue weighted by molar-refractivity contribution is 6.07. The van der Waals surface area contributed by atoms with Crippen LogP contribution in [0.2, 0.25) is 0 Å². The van der Waals surface area contributed by atoms with Gasteiger partial charge in [0.15, 0.2) is 0 Å². The molecule has 4 rings (SSSR count). The Morgan fingerprint density at radius 1 is 0.925 bits per heavy atom. The summed E-state index contributed by atoms with van der Waals surface area (Å²) in [7, 11) is 1.88. The van der Waals surface area contributed by atoms with Crippen molar-refractivity contribution in [1.82, 2.24) is 19.9 Å². The molecule has 0 saturated carbocycles. The molecular formula is C38H47N7O8. The molecule has 1 unspecified atom stereocenters. The van der Waals surface area contributed by atoms with Crippen LogP contribution in [0.3, 0.4) is 0 Å². The number of amides is 2. The number of ether oxygens (including phenoxy) is 4. The highest BCUT2D eigenvalue weighted by Crippen LogP contribution is 2.22. The molecule has 2 aromatic carbocycles.